The quantitative estimate of drug-likeness (QED) is 0.0188. The Bertz CT molecular complexity index is 2980. The second-order valence-electron chi connectivity index (χ2n) is 16.4. The van der Waals surface area contributed by atoms with E-state index in [2.05, 4.69) is 27.8 Å². The van der Waals surface area contributed by atoms with Crippen molar-refractivity contribution < 1.29 is 55.2 Å². The molecule has 6 rings (SSSR count). The van der Waals surface area contributed by atoms with Crippen LogP contribution in [0.4, 0.5) is 17.1 Å². The highest BCUT2D eigenvalue weighted by molar-refractivity contribution is 7.86. The van der Waals surface area contributed by atoms with Crippen molar-refractivity contribution in [3.8, 4) is 23.0 Å². The van der Waals surface area contributed by atoms with Gasteiger partial charge in [0, 0.05) is 34.7 Å². The van der Waals surface area contributed by atoms with Gasteiger partial charge in [0.15, 0.2) is 5.75 Å². The Kier molecular flexibility index (Phi) is 17.5. The van der Waals surface area contributed by atoms with E-state index in [0.29, 0.717) is 35.2 Å². The number of phenolic OH excluding ortho intramolecular Hbond substituents is 2. The van der Waals surface area contributed by atoms with Gasteiger partial charge in [-0.05, 0) is 79.4 Å². The van der Waals surface area contributed by atoms with Crippen molar-refractivity contribution in [3.05, 3.63) is 114 Å². The van der Waals surface area contributed by atoms with Gasteiger partial charge >= 0.3 is 0 Å². The number of azo groups is 1. The highest BCUT2D eigenvalue weighted by Crippen LogP contribution is 2.45. The molecular weight excluding hydrogens is 913 g/mol. The maximum atomic E-state index is 13.2. The van der Waals surface area contributed by atoms with E-state index in [1.165, 1.54) is 69.2 Å². The topological polar surface area (TPSA) is 251 Å². The van der Waals surface area contributed by atoms with Crippen LogP contribution in [-0.4, -0.2) is 67.2 Å². The Labute approximate surface area is 395 Å². The van der Waals surface area contributed by atoms with Crippen molar-refractivity contribution in [1.29, 1.82) is 0 Å². The van der Waals surface area contributed by atoms with Crippen LogP contribution in [0.2, 0.25) is 0 Å². The van der Waals surface area contributed by atoms with Gasteiger partial charge in [0.1, 0.15) is 27.8 Å². The number of carbonyl (C=O) groups is 2. The number of unbranched alkanes of at least 4 members (excludes halogenated alkanes) is 9. The zero-order chi connectivity index (χ0) is 48.8. The minimum Gasteiger partial charge on any atom is -0.506 e. The van der Waals surface area contributed by atoms with Gasteiger partial charge in [-0.15, -0.1) is 5.11 Å². The number of nitrogens with one attached hydrogen (secondary N) is 2. The van der Waals surface area contributed by atoms with Gasteiger partial charge in [-0.3, -0.25) is 18.7 Å². The average Bonchev–Trinajstić information content (AvgIpc) is 3.31. The number of nitrogens with zero attached hydrogens (tertiary/aromatic N) is 2. The lowest BCUT2D eigenvalue weighted by atomic mass is 10.0. The van der Waals surface area contributed by atoms with E-state index in [9.17, 15) is 45.7 Å². The van der Waals surface area contributed by atoms with Crippen LogP contribution in [0.1, 0.15) is 105 Å². The Hall–Kier alpha value is -6.60. The lowest BCUT2D eigenvalue weighted by Gasteiger charge is -2.17. The zero-order valence-electron chi connectivity index (χ0n) is 37.9. The fourth-order valence-electron chi connectivity index (χ4n) is 7.64. The van der Waals surface area contributed by atoms with Gasteiger partial charge < -0.3 is 30.3 Å². The molecule has 0 saturated heterocycles. The number of amides is 2. The number of carbonyl (C=O) groups excluding carboxylic acids is 2. The predicted molar refractivity (Wildman–Crippen MR) is 260 cm³/mol. The minimum absolute atomic E-state index is 0.114. The molecule has 2 amide bonds. The monoisotopic (exact) mass is 968 g/mol. The Balaban J connectivity index is 1.10. The number of ether oxygens (including phenoxy) is 2. The first-order valence-corrected chi connectivity index (χ1v) is 25.4. The molecule has 360 valence electrons. The molecule has 0 fully saturated rings. The van der Waals surface area contributed by atoms with Crippen LogP contribution in [-0.2, 0) is 20.2 Å². The van der Waals surface area contributed by atoms with Crippen LogP contribution in [0.25, 0.3) is 21.5 Å². The number of rotatable bonds is 24. The molecule has 6 aromatic rings. The molecule has 16 nitrogen and oxygen atoms in total. The summed E-state index contributed by atoms with van der Waals surface area (Å²) in [7, 11) is -10.0. The van der Waals surface area contributed by atoms with Crippen LogP contribution >= 0.6 is 0 Å². The van der Waals surface area contributed by atoms with Gasteiger partial charge in [-0.1, -0.05) is 107 Å². The molecule has 0 bridgehead atoms. The third-order valence-corrected chi connectivity index (χ3v) is 12.9. The summed E-state index contributed by atoms with van der Waals surface area (Å²) in [5.74, 6) is -1.21. The van der Waals surface area contributed by atoms with Crippen LogP contribution in [0.15, 0.2) is 123 Å². The van der Waals surface area contributed by atoms with Crippen molar-refractivity contribution in [2.24, 2.45) is 10.2 Å². The molecule has 0 saturated carbocycles. The maximum Gasteiger partial charge on any atom is 0.296 e. The number of fused-ring (bicyclic) bond motifs is 2. The van der Waals surface area contributed by atoms with E-state index in [-0.39, 0.29) is 57.6 Å². The molecule has 0 aliphatic rings. The van der Waals surface area contributed by atoms with Crippen LogP contribution < -0.4 is 20.1 Å². The fraction of sp³-hybridized carbons (Fsp3) is 0.320. The van der Waals surface area contributed by atoms with Gasteiger partial charge in [0.2, 0.25) is 0 Å². The molecule has 0 radical (unpaired) electrons. The molecule has 1 atom stereocenters. The van der Waals surface area contributed by atoms with E-state index in [4.69, 9.17) is 9.47 Å². The minimum atomic E-state index is -5.13. The number of hydrogen-bond acceptors (Lipinski definition) is 12. The summed E-state index contributed by atoms with van der Waals surface area (Å²) in [6, 6.07) is 25.2. The molecule has 0 spiro atoms. The second-order valence-corrected chi connectivity index (χ2v) is 19.2. The third kappa shape index (κ3) is 13.5. The standard InChI is InChI=1S/C50H56N4O12S2/c1-3-4-5-6-7-8-9-10-11-17-27-51-50(58)41-32-43(39-20-15-16-21-40(39)47(41)55)65-28-26-33(2)66-37-24-22-36(23-25-37)53-54-46-44(68(62,63)64)30-35-29-38(67(59,60)61)31-42(45(35)48(46)56)52-49(57)34-18-13-12-14-19-34/h12-16,18-25,29-33,55-56H,3-11,17,26-28H2,1-2H3,(H,51,58)(H,52,57)(H,59,60,61)(H,62,63,64). The summed E-state index contributed by atoms with van der Waals surface area (Å²) < 4.78 is 81.7. The molecule has 1 unspecified atom stereocenters. The first-order chi connectivity index (χ1) is 32.5. The molecule has 6 N–H and O–H groups in total. The molecule has 6 aromatic carbocycles. The number of aromatic hydroxyl groups is 2. The molecule has 18 heteroatoms. The summed E-state index contributed by atoms with van der Waals surface area (Å²) in [4.78, 5) is 24.7. The van der Waals surface area contributed by atoms with Crippen molar-refractivity contribution in [1.82, 2.24) is 5.32 Å². The van der Waals surface area contributed by atoms with E-state index >= 15 is 0 Å². The number of phenols is 2. The highest BCUT2D eigenvalue weighted by atomic mass is 32.2. The number of benzene rings is 6. The Morgan fingerprint density at radius 1 is 0.691 bits per heavy atom. The van der Waals surface area contributed by atoms with Crippen LogP contribution in [0, 0.1) is 0 Å². The van der Waals surface area contributed by atoms with Gasteiger partial charge in [0.25, 0.3) is 32.1 Å². The summed E-state index contributed by atoms with van der Waals surface area (Å²) in [6.07, 6.45) is 11.9. The van der Waals surface area contributed by atoms with Crippen LogP contribution in [0.5, 0.6) is 23.0 Å². The fourth-order valence-corrected chi connectivity index (χ4v) is 8.84. The Morgan fingerprint density at radius 3 is 1.97 bits per heavy atom. The molecule has 0 heterocycles. The van der Waals surface area contributed by atoms with Crippen molar-refractivity contribution in [2.75, 3.05) is 18.5 Å². The number of anilines is 1. The summed E-state index contributed by atoms with van der Waals surface area (Å²) in [6.45, 7) is 4.77. The Morgan fingerprint density at radius 2 is 1.32 bits per heavy atom. The van der Waals surface area contributed by atoms with E-state index in [1.807, 2.05) is 19.1 Å². The van der Waals surface area contributed by atoms with Gasteiger partial charge in [-0.25, -0.2) is 0 Å². The first kappa shape index (κ1) is 50.8. The normalized spacial score (nSPS) is 12.4. The highest BCUT2D eigenvalue weighted by Gasteiger charge is 2.26. The maximum absolute atomic E-state index is 13.2. The zero-order valence-corrected chi connectivity index (χ0v) is 39.5. The number of hydrogen-bond donors (Lipinski definition) is 6. The van der Waals surface area contributed by atoms with Gasteiger partial charge in [-0.2, -0.15) is 21.9 Å². The summed E-state index contributed by atoms with van der Waals surface area (Å²) >= 11 is 0. The van der Waals surface area contributed by atoms with E-state index in [0.717, 1.165) is 37.5 Å². The SMILES string of the molecule is CCCCCCCCCCCCNC(=O)c1cc(OCCC(C)Oc2ccc(N=Nc3c(S(=O)(=O)O)cc4cc(S(=O)(=O)O)cc(NC(=O)c5ccccc5)c4c3O)cc2)c2ccccc2c1O. The lowest BCUT2D eigenvalue weighted by molar-refractivity contribution is 0.0948. The average molecular weight is 969 g/mol. The third-order valence-electron chi connectivity index (χ3n) is 11.2. The predicted octanol–water partition coefficient (Wildman–Crippen LogP) is 11.5. The molecule has 0 aliphatic heterocycles. The molecular formula is C50H56N4O12S2. The first-order valence-electron chi connectivity index (χ1n) is 22.5. The van der Waals surface area contributed by atoms with E-state index < -0.39 is 47.4 Å². The van der Waals surface area contributed by atoms with Gasteiger partial charge in [0.05, 0.1) is 34.5 Å². The lowest BCUT2D eigenvalue weighted by Crippen LogP contribution is -2.24. The van der Waals surface area contributed by atoms with Crippen LogP contribution in [0.3, 0.4) is 0 Å². The molecule has 0 aliphatic carbocycles. The smallest absolute Gasteiger partial charge is 0.296 e. The van der Waals surface area contributed by atoms with E-state index in [1.54, 1.807) is 48.5 Å². The summed E-state index contributed by atoms with van der Waals surface area (Å²) in [5, 5.41) is 36.6. The summed E-state index contributed by atoms with van der Waals surface area (Å²) in [5.41, 5.74) is -0.573. The molecule has 68 heavy (non-hydrogen) atoms. The van der Waals surface area contributed by atoms with Crippen molar-refractivity contribution in [2.45, 2.75) is 100 Å². The van der Waals surface area contributed by atoms with Crippen molar-refractivity contribution >= 4 is 70.7 Å². The molecule has 0 aromatic heterocycles. The largest absolute Gasteiger partial charge is 0.506 e. The van der Waals surface area contributed by atoms with Crippen molar-refractivity contribution in [3.63, 3.8) is 0 Å². The second kappa shape index (κ2) is 23.4.